The van der Waals surface area contributed by atoms with Crippen molar-refractivity contribution in [2.45, 2.75) is 32.4 Å². The van der Waals surface area contributed by atoms with E-state index in [-0.39, 0.29) is 11.4 Å². The van der Waals surface area contributed by atoms with Crippen molar-refractivity contribution < 1.29 is 14.3 Å². The highest BCUT2D eigenvalue weighted by Gasteiger charge is 2.25. The Bertz CT molecular complexity index is 180. The zero-order valence-corrected chi connectivity index (χ0v) is 8.42. The maximum atomic E-state index is 11.5. The van der Waals surface area contributed by atoms with Crippen LogP contribution in [0.3, 0.4) is 0 Å². The number of hydrogen-bond acceptors (Lipinski definition) is 3. The Morgan fingerprint density at radius 2 is 2.08 bits per heavy atom. The first kappa shape index (κ1) is 10.5. The molecule has 1 saturated heterocycles. The highest BCUT2D eigenvalue weighted by atomic mass is 16.6. The molecule has 76 valence electrons. The van der Waals surface area contributed by atoms with Gasteiger partial charge in [0.05, 0.1) is 19.8 Å². The van der Waals surface area contributed by atoms with Crippen LogP contribution in [0.5, 0.6) is 0 Å². The molecule has 0 aliphatic carbocycles. The molecule has 1 rings (SSSR count). The van der Waals surface area contributed by atoms with E-state index in [1.165, 1.54) is 0 Å². The predicted molar refractivity (Wildman–Crippen MR) is 48.5 cm³/mol. The minimum atomic E-state index is -0.437. The summed E-state index contributed by atoms with van der Waals surface area (Å²) in [5.41, 5.74) is -0.210. The third-order valence-electron chi connectivity index (χ3n) is 1.61. The standard InChI is InChI=1S/C9H17NO3/c1-9(2,3)10-8(11)7-6-12-4-5-13-7/h7H,4-6H2,1-3H3,(H,10,11). The molecule has 0 aromatic rings. The van der Waals surface area contributed by atoms with Gasteiger partial charge in [-0.3, -0.25) is 4.79 Å². The second-order valence-corrected chi connectivity index (χ2v) is 4.17. The average Bonchev–Trinajstić information content (AvgIpc) is 2.03. The number of hydrogen-bond donors (Lipinski definition) is 1. The summed E-state index contributed by atoms with van der Waals surface area (Å²) >= 11 is 0. The van der Waals surface area contributed by atoms with Crippen molar-refractivity contribution in [3.63, 3.8) is 0 Å². The van der Waals surface area contributed by atoms with Crippen molar-refractivity contribution in [1.29, 1.82) is 0 Å². The molecule has 0 radical (unpaired) electrons. The molecule has 1 amide bonds. The quantitative estimate of drug-likeness (QED) is 0.643. The van der Waals surface area contributed by atoms with Crippen LogP contribution in [0.1, 0.15) is 20.8 Å². The lowest BCUT2D eigenvalue weighted by Gasteiger charge is -2.27. The summed E-state index contributed by atoms with van der Waals surface area (Å²) in [6.07, 6.45) is -0.437. The summed E-state index contributed by atoms with van der Waals surface area (Å²) in [7, 11) is 0. The second-order valence-electron chi connectivity index (χ2n) is 4.17. The Morgan fingerprint density at radius 3 is 2.54 bits per heavy atom. The van der Waals surface area contributed by atoms with Gasteiger partial charge < -0.3 is 14.8 Å². The lowest BCUT2D eigenvalue weighted by Crippen LogP contribution is -2.49. The highest BCUT2D eigenvalue weighted by Crippen LogP contribution is 2.04. The molecular formula is C9H17NO3. The zero-order chi connectivity index (χ0) is 9.90. The third-order valence-corrected chi connectivity index (χ3v) is 1.61. The van der Waals surface area contributed by atoms with E-state index in [2.05, 4.69) is 5.32 Å². The van der Waals surface area contributed by atoms with Gasteiger partial charge in [0.2, 0.25) is 0 Å². The van der Waals surface area contributed by atoms with Gasteiger partial charge >= 0.3 is 0 Å². The molecular weight excluding hydrogens is 170 g/mol. The molecule has 0 bridgehead atoms. The summed E-state index contributed by atoms with van der Waals surface area (Å²) in [4.78, 5) is 11.5. The average molecular weight is 187 g/mol. The summed E-state index contributed by atoms with van der Waals surface area (Å²) in [6.45, 7) is 7.27. The van der Waals surface area contributed by atoms with Crippen LogP contribution < -0.4 is 5.32 Å². The molecule has 0 spiro atoms. The maximum absolute atomic E-state index is 11.5. The van der Waals surface area contributed by atoms with Gasteiger partial charge in [0.25, 0.3) is 5.91 Å². The van der Waals surface area contributed by atoms with Crippen LogP contribution in [-0.2, 0) is 14.3 Å². The van der Waals surface area contributed by atoms with Crippen LogP contribution in [0.2, 0.25) is 0 Å². The molecule has 13 heavy (non-hydrogen) atoms. The number of nitrogens with one attached hydrogen (secondary N) is 1. The lowest BCUT2D eigenvalue weighted by molar-refractivity contribution is -0.148. The monoisotopic (exact) mass is 187 g/mol. The molecule has 1 N–H and O–H groups in total. The molecule has 1 heterocycles. The van der Waals surface area contributed by atoms with Crippen LogP contribution in [0, 0.1) is 0 Å². The summed E-state index contributed by atoms with van der Waals surface area (Å²) in [5, 5.41) is 2.84. The fourth-order valence-corrected chi connectivity index (χ4v) is 1.09. The topological polar surface area (TPSA) is 47.6 Å². The molecule has 0 saturated carbocycles. The van der Waals surface area contributed by atoms with Crippen molar-refractivity contribution in [1.82, 2.24) is 5.32 Å². The SMILES string of the molecule is CC(C)(C)NC(=O)C1COCCO1. The Labute approximate surface area is 78.6 Å². The van der Waals surface area contributed by atoms with Crippen LogP contribution in [0.15, 0.2) is 0 Å². The Morgan fingerprint density at radius 1 is 1.38 bits per heavy atom. The fraction of sp³-hybridized carbons (Fsp3) is 0.889. The van der Waals surface area contributed by atoms with Crippen LogP contribution in [0.4, 0.5) is 0 Å². The molecule has 1 atom stereocenters. The molecule has 1 aliphatic rings. The van der Waals surface area contributed by atoms with Gasteiger partial charge in [-0.25, -0.2) is 0 Å². The molecule has 1 aliphatic heterocycles. The number of carbonyl (C=O) groups excluding carboxylic acids is 1. The van der Waals surface area contributed by atoms with Crippen molar-refractivity contribution in [3.05, 3.63) is 0 Å². The van der Waals surface area contributed by atoms with E-state index >= 15 is 0 Å². The van der Waals surface area contributed by atoms with Crippen LogP contribution >= 0.6 is 0 Å². The van der Waals surface area contributed by atoms with Gasteiger partial charge in [-0.05, 0) is 20.8 Å². The molecule has 4 heteroatoms. The Kier molecular flexibility index (Phi) is 3.27. The lowest BCUT2D eigenvalue weighted by atomic mass is 10.1. The van der Waals surface area contributed by atoms with E-state index in [0.717, 1.165) is 0 Å². The third kappa shape index (κ3) is 3.74. The van der Waals surface area contributed by atoms with Gasteiger partial charge in [0.15, 0.2) is 6.10 Å². The van der Waals surface area contributed by atoms with Gasteiger partial charge in [0, 0.05) is 5.54 Å². The minimum absolute atomic E-state index is 0.0906. The minimum Gasteiger partial charge on any atom is -0.376 e. The smallest absolute Gasteiger partial charge is 0.251 e. The molecule has 0 aromatic carbocycles. The summed E-state index contributed by atoms with van der Waals surface area (Å²) in [6, 6.07) is 0. The summed E-state index contributed by atoms with van der Waals surface area (Å²) in [5.74, 6) is -0.0906. The van der Waals surface area contributed by atoms with Gasteiger partial charge in [-0.15, -0.1) is 0 Å². The van der Waals surface area contributed by atoms with Gasteiger partial charge in [-0.1, -0.05) is 0 Å². The number of carbonyl (C=O) groups is 1. The maximum Gasteiger partial charge on any atom is 0.251 e. The van der Waals surface area contributed by atoms with Crippen LogP contribution in [0.25, 0.3) is 0 Å². The highest BCUT2D eigenvalue weighted by molar-refractivity contribution is 5.81. The van der Waals surface area contributed by atoms with E-state index < -0.39 is 6.10 Å². The van der Waals surface area contributed by atoms with E-state index in [0.29, 0.717) is 19.8 Å². The van der Waals surface area contributed by atoms with Crippen molar-refractivity contribution >= 4 is 5.91 Å². The largest absolute Gasteiger partial charge is 0.376 e. The Hall–Kier alpha value is -0.610. The number of rotatable bonds is 1. The van der Waals surface area contributed by atoms with Gasteiger partial charge in [0.1, 0.15) is 0 Å². The van der Waals surface area contributed by atoms with Crippen molar-refractivity contribution in [3.8, 4) is 0 Å². The molecule has 4 nitrogen and oxygen atoms in total. The normalized spacial score (nSPS) is 24.1. The van der Waals surface area contributed by atoms with Crippen molar-refractivity contribution in [2.75, 3.05) is 19.8 Å². The molecule has 1 unspecified atom stereocenters. The van der Waals surface area contributed by atoms with E-state index in [1.54, 1.807) is 0 Å². The number of ether oxygens (including phenoxy) is 2. The fourth-order valence-electron chi connectivity index (χ4n) is 1.09. The molecule has 0 aromatic heterocycles. The first-order chi connectivity index (χ1) is 5.99. The number of amides is 1. The van der Waals surface area contributed by atoms with Crippen LogP contribution in [-0.4, -0.2) is 37.4 Å². The van der Waals surface area contributed by atoms with Crippen molar-refractivity contribution in [2.24, 2.45) is 0 Å². The first-order valence-electron chi connectivity index (χ1n) is 4.50. The summed E-state index contributed by atoms with van der Waals surface area (Å²) < 4.78 is 10.4. The zero-order valence-electron chi connectivity index (χ0n) is 8.42. The predicted octanol–water partition coefficient (Wildman–Crippen LogP) is 0.316. The second kappa shape index (κ2) is 4.07. The first-order valence-corrected chi connectivity index (χ1v) is 4.50. The molecule has 1 fully saturated rings. The van der Waals surface area contributed by atoms with E-state index in [9.17, 15) is 4.79 Å². The van der Waals surface area contributed by atoms with E-state index in [4.69, 9.17) is 9.47 Å². The van der Waals surface area contributed by atoms with Gasteiger partial charge in [-0.2, -0.15) is 0 Å². The Balaban J connectivity index is 2.38. The van der Waals surface area contributed by atoms with E-state index in [1.807, 2.05) is 20.8 Å².